The molecule has 1 aliphatic heterocycles. The van der Waals surface area contributed by atoms with Gasteiger partial charge in [-0.3, -0.25) is 0 Å². The summed E-state index contributed by atoms with van der Waals surface area (Å²) in [6.07, 6.45) is 2.20. The highest BCUT2D eigenvalue weighted by Gasteiger charge is 2.22. The zero-order valence-electron chi connectivity index (χ0n) is 11.4. The molecule has 2 rings (SSSR count). The number of quaternary nitrogens is 1. The quantitative estimate of drug-likeness (QED) is 0.859. The fourth-order valence-electron chi connectivity index (χ4n) is 2.72. The molecule has 0 amide bonds. The molecule has 1 aliphatic rings. The van der Waals surface area contributed by atoms with Crippen molar-refractivity contribution in [1.29, 1.82) is 0 Å². The van der Waals surface area contributed by atoms with E-state index < -0.39 is 6.10 Å². The number of aliphatic hydroxyl groups is 1. The minimum Gasteiger partial charge on any atom is -0.489 e. The van der Waals surface area contributed by atoms with Crippen LogP contribution in [0.2, 0.25) is 0 Å². The Bertz CT molecular complexity index is 399. The predicted octanol–water partition coefficient (Wildman–Crippen LogP) is 1.50. The van der Waals surface area contributed by atoms with E-state index in [4.69, 9.17) is 4.74 Å². The second kappa shape index (κ2) is 7.27. The van der Waals surface area contributed by atoms with Gasteiger partial charge in [0.05, 0.1) is 17.6 Å². The zero-order chi connectivity index (χ0) is 13.7. The predicted molar refractivity (Wildman–Crippen MR) is 79.6 cm³/mol. The summed E-state index contributed by atoms with van der Waals surface area (Å²) in [4.78, 5) is 1.50. The van der Waals surface area contributed by atoms with Crippen LogP contribution in [-0.4, -0.2) is 37.5 Å². The highest BCUT2D eigenvalue weighted by Crippen LogP contribution is 2.23. The van der Waals surface area contributed by atoms with Crippen LogP contribution in [0.5, 0.6) is 5.75 Å². The maximum atomic E-state index is 10.1. The Hall–Kier alpha value is -0.580. The maximum absolute atomic E-state index is 10.1. The molecule has 1 aromatic carbocycles. The number of hydrogen-bond donors (Lipinski definition) is 2. The van der Waals surface area contributed by atoms with Crippen LogP contribution in [-0.2, 0) is 0 Å². The number of nitrogens with one attached hydrogen (secondary N) is 1. The van der Waals surface area contributed by atoms with Crippen molar-refractivity contribution in [3.8, 4) is 5.75 Å². The Labute approximate surface area is 123 Å². The fourth-order valence-corrected chi connectivity index (χ4v) is 3.12. The third-order valence-electron chi connectivity index (χ3n) is 3.66. The molecule has 1 saturated heterocycles. The van der Waals surface area contributed by atoms with Crippen LogP contribution < -0.4 is 9.64 Å². The Morgan fingerprint density at radius 3 is 3.00 bits per heavy atom. The molecule has 0 aromatic heterocycles. The van der Waals surface area contributed by atoms with Crippen LogP contribution in [0.25, 0.3) is 0 Å². The minimum atomic E-state index is -0.396. The molecule has 3 atom stereocenters. The number of ether oxygens (including phenoxy) is 1. The standard InChI is InChI=1S/C15H22BrNO2/c1-12-5-4-8-17(9-12)10-13(18)11-19-15-7-3-2-6-14(15)16/h2-3,6-7,12-13,18H,4-5,8-11H2,1H3/p+1/t12-,13-/m0/s1. The number of benzene rings is 1. The smallest absolute Gasteiger partial charge is 0.137 e. The molecular formula is C15H23BrNO2+. The van der Waals surface area contributed by atoms with E-state index in [-0.39, 0.29) is 0 Å². The minimum absolute atomic E-state index is 0.362. The van der Waals surface area contributed by atoms with E-state index in [1.165, 1.54) is 30.8 Å². The Morgan fingerprint density at radius 2 is 2.26 bits per heavy atom. The van der Waals surface area contributed by atoms with Crippen molar-refractivity contribution < 1.29 is 14.7 Å². The normalized spacial score (nSPS) is 25.0. The lowest BCUT2D eigenvalue weighted by Crippen LogP contribution is -3.14. The summed E-state index contributed by atoms with van der Waals surface area (Å²) in [6.45, 7) is 5.79. The molecule has 1 aromatic rings. The maximum Gasteiger partial charge on any atom is 0.137 e. The van der Waals surface area contributed by atoms with Crippen molar-refractivity contribution in [3.05, 3.63) is 28.7 Å². The number of piperidine rings is 1. The van der Waals surface area contributed by atoms with Crippen molar-refractivity contribution in [2.75, 3.05) is 26.2 Å². The van der Waals surface area contributed by atoms with Crippen LogP contribution in [0.15, 0.2) is 28.7 Å². The average Bonchev–Trinajstić information content (AvgIpc) is 2.38. The van der Waals surface area contributed by atoms with E-state index in [9.17, 15) is 5.11 Å². The van der Waals surface area contributed by atoms with Gasteiger partial charge in [0, 0.05) is 5.92 Å². The van der Waals surface area contributed by atoms with Gasteiger partial charge in [-0.05, 0) is 40.9 Å². The molecule has 1 heterocycles. The first-order valence-corrected chi connectivity index (χ1v) is 7.83. The van der Waals surface area contributed by atoms with Gasteiger partial charge in [-0.1, -0.05) is 19.1 Å². The number of likely N-dealkylation sites (tertiary alicyclic amines) is 1. The molecule has 0 radical (unpaired) electrons. The molecule has 1 unspecified atom stereocenters. The molecule has 0 saturated carbocycles. The van der Waals surface area contributed by atoms with Crippen molar-refractivity contribution >= 4 is 15.9 Å². The van der Waals surface area contributed by atoms with Gasteiger partial charge < -0.3 is 14.7 Å². The highest BCUT2D eigenvalue weighted by molar-refractivity contribution is 9.10. The van der Waals surface area contributed by atoms with E-state index in [1.807, 2.05) is 24.3 Å². The summed E-state index contributed by atoms with van der Waals surface area (Å²) in [7, 11) is 0. The van der Waals surface area contributed by atoms with E-state index in [0.717, 1.165) is 22.7 Å². The number of hydrogen-bond acceptors (Lipinski definition) is 2. The van der Waals surface area contributed by atoms with Gasteiger partial charge in [-0.15, -0.1) is 0 Å². The lowest BCUT2D eigenvalue weighted by atomic mass is 10.0. The van der Waals surface area contributed by atoms with Gasteiger partial charge in [-0.2, -0.15) is 0 Å². The fraction of sp³-hybridized carbons (Fsp3) is 0.600. The van der Waals surface area contributed by atoms with E-state index in [0.29, 0.717) is 6.61 Å². The largest absolute Gasteiger partial charge is 0.489 e. The van der Waals surface area contributed by atoms with Gasteiger partial charge in [0.2, 0.25) is 0 Å². The van der Waals surface area contributed by atoms with Gasteiger partial charge in [0.1, 0.15) is 25.0 Å². The summed E-state index contributed by atoms with van der Waals surface area (Å²) in [5.41, 5.74) is 0. The lowest BCUT2D eigenvalue weighted by molar-refractivity contribution is -0.911. The summed E-state index contributed by atoms with van der Waals surface area (Å²) >= 11 is 3.44. The third-order valence-corrected chi connectivity index (χ3v) is 4.31. The van der Waals surface area contributed by atoms with Gasteiger partial charge in [-0.25, -0.2) is 0 Å². The Morgan fingerprint density at radius 1 is 1.47 bits per heavy atom. The Balaban J connectivity index is 1.75. The van der Waals surface area contributed by atoms with Crippen LogP contribution in [0.1, 0.15) is 19.8 Å². The van der Waals surface area contributed by atoms with E-state index >= 15 is 0 Å². The van der Waals surface area contributed by atoms with Crippen molar-refractivity contribution in [2.45, 2.75) is 25.9 Å². The van der Waals surface area contributed by atoms with Gasteiger partial charge in [0.25, 0.3) is 0 Å². The van der Waals surface area contributed by atoms with Crippen molar-refractivity contribution in [2.24, 2.45) is 5.92 Å². The second-order valence-corrected chi connectivity index (χ2v) is 6.41. The molecule has 4 heteroatoms. The number of aliphatic hydroxyl groups excluding tert-OH is 1. The molecule has 0 spiro atoms. The first-order valence-electron chi connectivity index (χ1n) is 7.04. The van der Waals surface area contributed by atoms with Crippen LogP contribution in [0.3, 0.4) is 0 Å². The molecule has 0 bridgehead atoms. The average molecular weight is 329 g/mol. The summed E-state index contributed by atoms with van der Waals surface area (Å²) in [5.74, 6) is 1.57. The van der Waals surface area contributed by atoms with Gasteiger partial charge in [0.15, 0.2) is 0 Å². The van der Waals surface area contributed by atoms with Crippen LogP contribution in [0.4, 0.5) is 0 Å². The molecule has 2 N–H and O–H groups in total. The number of para-hydroxylation sites is 1. The van der Waals surface area contributed by atoms with Crippen molar-refractivity contribution in [1.82, 2.24) is 0 Å². The van der Waals surface area contributed by atoms with Crippen molar-refractivity contribution in [3.63, 3.8) is 0 Å². The first-order chi connectivity index (χ1) is 9.15. The zero-order valence-corrected chi connectivity index (χ0v) is 13.0. The number of halogens is 1. The van der Waals surface area contributed by atoms with E-state index in [2.05, 4.69) is 22.9 Å². The molecular weight excluding hydrogens is 306 g/mol. The highest BCUT2D eigenvalue weighted by atomic mass is 79.9. The van der Waals surface area contributed by atoms with Gasteiger partial charge >= 0.3 is 0 Å². The molecule has 3 nitrogen and oxygen atoms in total. The topological polar surface area (TPSA) is 33.9 Å². The Kier molecular flexibility index (Phi) is 5.67. The summed E-state index contributed by atoms with van der Waals surface area (Å²) < 4.78 is 6.59. The molecule has 1 fully saturated rings. The molecule has 19 heavy (non-hydrogen) atoms. The molecule has 106 valence electrons. The monoisotopic (exact) mass is 328 g/mol. The summed E-state index contributed by atoms with van der Waals surface area (Å²) in [6, 6.07) is 7.74. The SMILES string of the molecule is C[C@H]1CCC[NH+](C[C@H](O)COc2ccccc2Br)C1. The third kappa shape index (κ3) is 4.79. The number of rotatable bonds is 5. The van der Waals surface area contributed by atoms with Crippen LogP contribution >= 0.6 is 15.9 Å². The summed E-state index contributed by atoms with van der Waals surface area (Å²) in [5, 5.41) is 10.1. The second-order valence-electron chi connectivity index (χ2n) is 5.55. The molecule has 0 aliphatic carbocycles. The first kappa shape index (κ1) is 14.8. The lowest BCUT2D eigenvalue weighted by Gasteiger charge is -2.29. The van der Waals surface area contributed by atoms with E-state index in [1.54, 1.807) is 0 Å². The van der Waals surface area contributed by atoms with Crippen LogP contribution in [0, 0.1) is 5.92 Å².